The largest absolute Gasteiger partial charge is 0.345 e. The van der Waals surface area contributed by atoms with Crippen LogP contribution in [-0.4, -0.2) is 46.5 Å². The summed E-state index contributed by atoms with van der Waals surface area (Å²) in [5.41, 5.74) is 36.1. The third-order valence-electron chi connectivity index (χ3n) is 28.8. The van der Waals surface area contributed by atoms with Gasteiger partial charge in [-0.3, -0.25) is 0 Å². The Morgan fingerprint density at radius 3 is 0.671 bits per heavy atom. The normalized spacial score (nSPS) is 11.3. The van der Waals surface area contributed by atoms with Gasteiger partial charge >= 0.3 is 0 Å². The molecule has 0 spiro atoms. The Kier molecular flexibility index (Phi) is 24.3. The minimum absolute atomic E-state index is 1.17. The Morgan fingerprint density at radius 2 is 0.336 bits per heavy atom. The Balaban J connectivity index is 0.000000104. The van der Waals surface area contributed by atoms with E-state index in [-0.39, 0.29) is 0 Å². The van der Waals surface area contributed by atoms with Gasteiger partial charge in [0.05, 0.1) is 44.1 Å². The molecular weight excluding hydrogens is 1770 g/mol. The van der Waals surface area contributed by atoms with Gasteiger partial charge in [0.2, 0.25) is 0 Å². The molecule has 0 N–H and O–H groups in total. The van der Waals surface area contributed by atoms with Gasteiger partial charge in [-0.05, 0) is 302 Å². The molecule has 0 fully saturated rings. The molecular formula is C138H104N8. The number of hydrogen-bond acceptors (Lipinski definition) is 4. The van der Waals surface area contributed by atoms with Crippen LogP contribution in [0.5, 0.6) is 0 Å². The number of hydrogen-bond donors (Lipinski definition) is 0. The quantitative estimate of drug-likeness (QED) is 0.0910. The zero-order chi connectivity index (χ0) is 97.9. The highest BCUT2D eigenvalue weighted by atomic mass is 15.1. The van der Waals surface area contributed by atoms with Gasteiger partial charge in [-0.2, -0.15) is 0 Å². The monoisotopic (exact) mass is 1870 g/mol. The zero-order valence-corrected chi connectivity index (χ0v) is 81.7. The molecule has 4 aromatic heterocycles. The summed E-state index contributed by atoms with van der Waals surface area (Å²) < 4.78 is 9.50. The van der Waals surface area contributed by atoms with Gasteiger partial charge in [0, 0.05) is 140 Å². The summed E-state index contributed by atoms with van der Waals surface area (Å²) in [6, 6.07) is 200. The average Bonchev–Trinajstić information content (AvgIpc) is 1.60. The van der Waals surface area contributed by atoms with Crippen molar-refractivity contribution in [2.45, 2.75) is 0 Å². The van der Waals surface area contributed by atoms with E-state index in [9.17, 15) is 0 Å². The predicted octanol–water partition coefficient (Wildman–Crippen LogP) is 36.8. The zero-order valence-electron chi connectivity index (χ0n) is 81.7. The first kappa shape index (κ1) is 89.6. The van der Waals surface area contributed by atoms with E-state index >= 15 is 0 Å². The molecule has 27 aromatic rings. The molecule has 0 bridgehead atoms. The molecule has 4 heterocycles. The topological polar surface area (TPSA) is 32.7 Å². The number of nitrogens with zero attached hydrogens (tertiary/aromatic N) is 8. The third kappa shape index (κ3) is 17.4. The second-order valence-corrected chi connectivity index (χ2v) is 37.4. The van der Waals surface area contributed by atoms with Crippen LogP contribution in [0.15, 0.2) is 558 Å². The van der Waals surface area contributed by atoms with Gasteiger partial charge in [-0.1, -0.05) is 334 Å². The van der Waals surface area contributed by atoms with Crippen molar-refractivity contribution in [2.24, 2.45) is 0 Å². The van der Waals surface area contributed by atoms with Crippen LogP contribution in [-0.2, 0) is 0 Å². The summed E-state index contributed by atoms with van der Waals surface area (Å²) in [5, 5.41) is 15.1. The van der Waals surface area contributed by atoms with Crippen molar-refractivity contribution in [3.05, 3.63) is 558 Å². The van der Waals surface area contributed by atoms with Crippen LogP contribution in [0.4, 0.5) is 45.5 Å². The number of anilines is 8. The van der Waals surface area contributed by atoms with Crippen LogP contribution in [0, 0.1) is 0 Å². The van der Waals surface area contributed by atoms with E-state index in [2.05, 4.69) is 624 Å². The van der Waals surface area contributed by atoms with E-state index in [0.29, 0.717) is 0 Å². The Labute approximate surface area is 850 Å². The number of benzene rings is 23. The van der Waals surface area contributed by atoms with Gasteiger partial charge in [-0.15, -0.1) is 0 Å². The third-order valence-corrected chi connectivity index (χ3v) is 28.8. The molecule has 23 aromatic carbocycles. The molecule has 0 radical (unpaired) electrons. The molecule has 146 heavy (non-hydrogen) atoms. The molecule has 8 heteroatoms. The predicted molar refractivity (Wildman–Crippen MR) is 623 cm³/mol. The van der Waals surface area contributed by atoms with E-state index in [1.807, 2.05) is 0 Å². The molecule has 0 aliphatic rings. The number of para-hydroxylation sites is 8. The highest BCUT2D eigenvalue weighted by molar-refractivity contribution is 6.16. The molecule has 27 rings (SSSR count). The number of aromatic nitrogens is 4. The molecule has 0 atom stereocenters. The first-order valence-electron chi connectivity index (χ1n) is 50.0. The SMILES string of the molecule is CN(c1ccccc1)c1ccc2c(c1)c1cc(-c3ccc(-c4ccccc4)cc3)ccc1n2-c1ccccc1.CN(c1ccccc1)c1ccc2c(c1)c1cc(-c3ccc4ccccc4c3)ccc1n2-c1ccccc1.CN(c1ccccc1)c1ccc2c(c1)c1cc(-c3cccc4ccccc34)ccc1n2-c1ccccc1.CN(c1ccccc1)c1ccc2c(c1)c1cc(-c3ccccc3)ccc1n2-c1ccccc1. The maximum absolute atomic E-state index is 2.38. The molecule has 0 aliphatic carbocycles. The summed E-state index contributed by atoms with van der Waals surface area (Å²) in [5.74, 6) is 0. The van der Waals surface area contributed by atoms with E-state index in [1.54, 1.807) is 0 Å². The van der Waals surface area contributed by atoms with Crippen molar-refractivity contribution in [1.82, 2.24) is 18.3 Å². The van der Waals surface area contributed by atoms with Crippen LogP contribution in [0.1, 0.15) is 0 Å². The minimum Gasteiger partial charge on any atom is -0.345 e. The molecule has 0 unspecified atom stereocenters. The van der Waals surface area contributed by atoms with Crippen molar-refractivity contribution in [2.75, 3.05) is 47.8 Å². The smallest absolute Gasteiger partial charge is 0.0542 e. The summed E-state index contributed by atoms with van der Waals surface area (Å²) in [6.07, 6.45) is 0. The van der Waals surface area contributed by atoms with Gasteiger partial charge < -0.3 is 37.9 Å². The van der Waals surface area contributed by atoms with Crippen LogP contribution in [0.3, 0.4) is 0 Å². The van der Waals surface area contributed by atoms with Gasteiger partial charge in [0.1, 0.15) is 0 Å². The van der Waals surface area contributed by atoms with Crippen LogP contribution < -0.4 is 19.6 Å². The van der Waals surface area contributed by atoms with E-state index in [1.165, 1.54) is 233 Å². The van der Waals surface area contributed by atoms with E-state index in [0.717, 1.165) is 0 Å². The Bertz CT molecular complexity index is 9370. The average molecular weight is 1870 g/mol. The molecule has 0 amide bonds. The first-order chi connectivity index (χ1) is 72.1. The first-order valence-corrected chi connectivity index (χ1v) is 50.0. The Morgan fingerprint density at radius 1 is 0.123 bits per heavy atom. The molecule has 696 valence electrons. The lowest BCUT2D eigenvalue weighted by Crippen LogP contribution is -2.08. The van der Waals surface area contributed by atoms with Crippen LogP contribution >= 0.6 is 0 Å². The fraction of sp³-hybridized carbons (Fsp3) is 0.0290. The lowest BCUT2D eigenvalue weighted by atomic mass is 9.97. The van der Waals surface area contributed by atoms with Crippen LogP contribution in [0.25, 0.3) is 187 Å². The highest BCUT2D eigenvalue weighted by Crippen LogP contribution is 2.46. The lowest BCUT2D eigenvalue weighted by molar-refractivity contribution is 1.17. The van der Waals surface area contributed by atoms with Crippen molar-refractivity contribution in [3.63, 3.8) is 0 Å². The van der Waals surface area contributed by atoms with Gasteiger partial charge in [0.15, 0.2) is 0 Å². The molecule has 8 nitrogen and oxygen atoms in total. The standard InChI is InChI=1S/C37H28N2.2C35H26N2.C31H24N2/c1-38(31-13-7-3-8-14-31)33-22-24-37-35(26-33)34-25-30(21-23-36(34)39(37)32-15-9-4-10-16-32)29-19-17-28(18-20-29)27-11-5-2-6-12-27;1-36(27-13-4-2-5-14-27)29-20-22-35-33(24-29)32-23-26(31-18-10-12-25-11-8-9-17-30(25)31)19-21-34(32)37(35)28-15-6-3-7-16-28;1-36(29-12-4-2-5-13-29)31-19-21-35-33(24-31)32-23-28(27-17-16-25-10-8-9-11-26(25)22-27)18-20-34(32)37(35)30-14-6-3-7-15-30;1-32(25-13-7-3-8-14-25)27-18-20-31-29(22-27)28-21-24(23-11-5-2-6-12-23)17-19-30(28)33(31)26-15-9-4-10-16-26/h2-26H,1H3;2*2-24H,1H3;2-22H,1H3. The van der Waals surface area contributed by atoms with Gasteiger partial charge in [0.25, 0.3) is 0 Å². The Hall–Kier alpha value is -19.0. The fourth-order valence-electron chi connectivity index (χ4n) is 21.2. The maximum atomic E-state index is 2.38. The van der Waals surface area contributed by atoms with Gasteiger partial charge in [-0.25, -0.2) is 0 Å². The van der Waals surface area contributed by atoms with E-state index < -0.39 is 0 Å². The van der Waals surface area contributed by atoms with Crippen molar-refractivity contribution >= 4 is 154 Å². The van der Waals surface area contributed by atoms with Crippen molar-refractivity contribution in [3.8, 4) is 78.4 Å². The molecule has 0 saturated carbocycles. The number of rotatable bonds is 17. The van der Waals surface area contributed by atoms with Crippen molar-refractivity contribution in [1.29, 1.82) is 0 Å². The summed E-state index contributed by atoms with van der Waals surface area (Å²) in [7, 11) is 8.52. The van der Waals surface area contributed by atoms with Crippen molar-refractivity contribution < 1.29 is 0 Å². The highest BCUT2D eigenvalue weighted by Gasteiger charge is 2.23. The second kappa shape index (κ2) is 39.6. The minimum atomic E-state index is 1.17. The maximum Gasteiger partial charge on any atom is 0.0542 e. The summed E-state index contributed by atoms with van der Waals surface area (Å²) in [6.45, 7) is 0. The van der Waals surface area contributed by atoms with Crippen LogP contribution in [0.2, 0.25) is 0 Å². The second-order valence-electron chi connectivity index (χ2n) is 37.4. The van der Waals surface area contributed by atoms with E-state index in [4.69, 9.17) is 0 Å². The molecule has 0 aliphatic heterocycles. The number of fused-ring (bicyclic) bond motifs is 14. The molecule has 0 saturated heterocycles. The summed E-state index contributed by atoms with van der Waals surface area (Å²) >= 11 is 0. The summed E-state index contributed by atoms with van der Waals surface area (Å²) in [4.78, 5) is 8.99. The lowest BCUT2D eigenvalue weighted by Gasteiger charge is -2.19. The fourth-order valence-corrected chi connectivity index (χ4v) is 21.2.